The smallest absolute Gasteiger partial charge is 0.416 e. The molecule has 2 bridgehead atoms. The number of halogens is 5. The Balaban J connectivity index is 1.17. The molecule has 11 heteroatoms. The third-order valence-corrected chi connectivity index (χ3v) is 9.58. The van der Waals surface area contributed by atoms with Crippen LogP contribution in [0.4, 0.5) is 13.2 Å². The zero-order valence-electron chi connectivity index (χ0n) is 22.6. The van der Waals surface area contributed by atoms with E-state index >= 15 is 0 Å². The number of aromatic nitrogens is 2. The lowest BCUT2D eigenvalue weighted by atomic mass is 9.58. The van der Waals surface area contributed by atoms with E-state index in [0.717, 1.165) is 68.8 Å². The molecule has 4 aliphatic carbocycles. The number of nitrogens with zero attached hydrogens (tertiary/aromatic N) is 2. The zero-order valence-corrected chi connectivity index (χ0v) is 24.2. The van der Waals surface area contributed by atoms with Crippen LogP contribution in [0.25, 0.3) is 17.3 Å². The van der Waals surface area contributed by atoms with E-state index in [-0.39, 0.29) is 22.1 Å². The number of carboxylic acid groups (broad SMARTS) is 1. The number of hydrogen-bond donors (Lipinski definition) is 1. The van der Waals surface area contributed by atoms with E-state index in [1.165, 1.54) is 24.5 Å². The summed E-state index contributed by atoms with van der Waals surface area (Å²) in [5.74, 6) is -0.0597. The van der Waals surface area contributed by atoms with Gasteiger partial charge in [0.1, 0.15) is 11.5 Å². The Bertz CT molecular complexity index is 1500. The number of hydrogen-bond acceptors (Lipinski definition) is 5. The fourth-order valence-electron chi connectivity index (χ4n) is 6.38. The number of fused-ring (bicyclic) bond motifs is 3. The monoisotopic (exact) mass is 620 g/mol. The van der Waals surface area contributed by atoms with Crippen LogP contribution >= 0.6 is 23.2 Å². The van der Waals surface area contributed by atoms with Crippen LogP contribution in [0.2, 0.25) is 10.0 Å². The van der Waals surface area contributed by atoms with E-state index < -0.39 is 24.1 Å². The molecule has 0 aliphatic heterocycles. The molecule has 0 unspecified atom stereocenters. The molecule has 6 nitrogen and oxygen atoms in total. The Kier molecular flexibility index (Phi) is 7.64. The number of allylic oxidation sites excluding steroid dienone is 1. The maximum atomic E-state index is 13.8. The van der Waals surface area contributed by atoms with E-state index in [4.69, 9.17) is 37.6 Å². The fraction of sp³-hybridized carbons (Fsp3) is 0.452. The minimum absolute atomic E-state index is 0.0469. The van der Waals surface area contributed by atoms with Gasteiger partial charge in [-0.25, -0.2) is 0 Å². The highest BCUT2D eigenvalue weighted by molar-refractivity contribution is 6.38. The van der Waals surface area contributed by atoms with Crippen LogP contribution in [0.3, 0.4) is 0 Å². The van der Waals surface area contributed by atoms with Crippen molar-refractivity contribution < 1.29 is 32.3 Å². The van der Waals surface area contributed by atoms with Crippen LogP contribution < -0.4 is 0 Å². The van der Waals surface area contributed by atoms with Crippen LogP contribution in [0.5, 0.6) is 0 Å². The summed E-state index contributed by atoms with van der Waals surface area (Å²) in [7, 11) is 0. The van der Waals surface area contributed by atoms with Gasteiger partial charge >= 0.3 is 12.1 Å². The van der Waals surface area contributed by atoms with Crippen molar-refractivity contribution >= 4 is 35.2 Å². The third kappa shape index (κ3) is 5.83. The second-order valence-electron chi connectivity index (χ2n) is 11.8. The highest BCUT2D eigenvalue weighted by Crippen LogP contribution is 2.56. The van der Waals surface area contributed by atoms with Crippen molar-refractivity contribution in [3.8, 4) is 11.3 Å². The predicted molar refractivity (Wildman–Crippen MR) is 151 cm³/mol. The molecule has 1 aromatic carbocycles. The Morgan fingerprint density at radius 3 is 2.36 bits per heavy atom. The number of benzene rings is 1. The van der Waals surface area contributed by atoms with Gasteiger partial charge in [0.15, 0.2) is 0 Å². The van der Waals surface area contributed by atoms with Crippen molar-refractivity contribution in [2.75, 3.05) is 0 Å². The summed E-state index contributed by atoms with van der Waals surface area (Å²) < 4.78 is 53.8. The van der Waals surface area contributed by atoms with E-state index in [1.54, 1.807) is 6.08 Å². The van der Waals surface area contributed by atoms with Crippen LogP contribution in [0.1, 0.15) is 85.3 Å². The van der Waals surface area contributed by atoms with Gasteiger partial charge in [0.25, 0.3) is 0 Å². The molecule has 2 heterocycles. The van der Waals surface area contributed by atoms with Gasteiger partial charge in [-0.2, -0.15) is 13.2 Å². The molecule has 0 radical (unpaired) electrons. The maximum absolute atomic E-state index is 13.8. The molecular weight excluding hydrogens is 592 g/mol. The molecule has 0 spiro atoms. The van der Waals surface area contributed by atoms with Gasteiger partial charge in [-0.05, 0) is 74.0 Å². The molecule has 2 aromatic heterocycles. The first-order valence-corrected chi connectivity index (χ1v) is 14.8. The van der Waals surface area contributed by atoms with Gasteiger partial charge in [0, 0.05) is 29.4 Å². The van der Waals surface area contributed by atoms with Crippen LogP contribution in [0.15, 0.2) is 41.2 Å². The molecule has 4 saturated carbocycles. The van der Waals surface area contributed by atoms with Crippen molar-refractivity contribution in [1.29, 1.82) is 0 Å². The fourth-order valence-corrected chi connectivity index (χ4v) is 6.92. The quantitative estimate of drug-likeness (QED) is 0.257. The number of rotatable bonds is 9. The number of aliphatic carboxylic acids is 1. The first-order valence-electron chi connectivity index (χ1n) is 14.0. The van der Waals surface area contributed by atoms with Crippen LogP contribution in [-0.4, -0.2) is 26.8 Å². The number of ether oxygens (including phenoxy) is 1. The standard InChI is InChI=1S/C31H29Cl2F3N2O4/c32-23-15-37-16-24(33)26(23)27-21(28(42-38-27)20-3-4-20)17-41-30-10-7-29(8-11-30,9-12-30)6-5-19-2-1-18(14-25(39)40)13-22(19)31(34,35)36/h1-2,5-6,13,15-16,20H,3-4,7-12,14,17H2,(H,39,40)/b6-5+. The van der Waals surface area contributed by atoms with Crippen molar-refractivity contribution in [3.05, 3.63) is 74.7 Å². The van der Waals surface area contributed by atoms with Crippen molar-refractivity contribution in [2.24, 2.45) is 5.41 Å². The lowest BCUT2D eigenvalue weighted by molar-refractivity contribution is -0.139. The molecular formula is C31H29Cl2F3N2O4. The molecule has 4 fully saturated rings. The van der Waals surface area contributed by atoms with Crippen molar-refractivity contribution in [2.45, 2.75) is 82.1 Å². The van der Waals surface area contributed by atoms with Gasteiger partial charge < -0.3 is 14.4 Å². The summed E-state index contributed by atoms with van der Waals surface area (Å²) in [5.41, 5.74) is 0.830. The SMILES string of the molecule is O=C(O)Cc1ccc(/C=C/C23CCC(OCc4c(-c5c(Cl)cncc5Cl)noc4C4CC4)(CC2)CC3)c(C(F)(F)F)c1. The molecule has 42 heavy (non-hydrogen) atoms. The average Bonchev–Trinajstić information content (AvgIpc) is 3.71. The lowest BCUT2D eigenvalue weighted by Crippen LogP contribution is -2.46. The van der Waals surface area contributed by atoms with Gasteiger partial charge in [-0.3, -0.25) is 9.78 Å². The predicted octanol–water partition coefficient (Wildman–Crippen LogP) is 8.89. The van der Waals surface area contributed by atoms with Crippen LogP contribution in [-0.2, 0) is 28.7 Å². The van der Waals surface area contributed by atoms with E-state index in [0.29, 0.717) is 33.8 Å². The minimum atomic E-state index is -4.58. The van der Waals surface area contributed by atoms with Gasteiger partial charge in [0.05, 0.1) is 34.2 Å². The van der Waals surface area contributed by atoms with E-state index in [2.05, 4.69) is 10.1 Å². The number of carbonyl (C=O) groups is 1. The number of pyridine rings is 1. The molecule has 7 rings (SSSR count). The molecule has 4 aliphatic rings. The molecule has 0 saturated heterocycles. The van der Waals surface area contributed by atoms with Crippen molar-refractivity contribution in [3.63, 3.8) is 0 Å². The minimum Gasteiger partial charge on any atom is -0.481 e. The first-order chi connectivity index (χ1) is 20.0. The summed E-state index contributed by atoms with van der Waals surface area (Å²) in [5, 5.41) is 14.1. The molecule has 222 valence electrons. The van der Waals surface area contributed by atoms with Gasteiger partial charge in [-0.1, -0.05) is 52.6 Å². The largest absolute Gasteiger partial charge is 0.481 e. The van der Waals surface area contributed by atoms with E-state index in [1.807, 2.05) is 6.08 Å². The molecule has 3 aromatic rings. The van der Waals surface area contributed by atoms with Crippen molar-refractivity contribution in [1.82, 2.24) is 10.1 Å². The Morgan fingerprint density at radius 2 is 1.76 bits per heavy atom. The highest BCUT2D eigenvalue weighted by Gasteiger charge is 2.48. The Morgan fingerprint density at radius 1 is 1.10 bits per heavy atom. The first kappa shape index (κ1) is 29.2. The Labute approximate surface area is 250 Å². The maximum Gasteiger partial charge on any atom is 0.416 e. The van der Waals surface area contributed by atoms with E-state index in [9.17, 15) is 18.0 Å². The second kappa shape index (κ2) is 11.0. The summed E-state index contributed by atoms with van der Waals surface area (Å²) in [6.45, 7) is 0.306. The molecule has 0 atom stereocenters. The second-order valence-corrected chi connectivity index (χ2v) is 12.6. The Hall–Kier alpha value is -2.88. The molecule has 0 amide bonds. The zero-order chi connectivity index (χ0) is 29.7. The van der Waals surface area contributed by atoms with Gasteiger partial charge in [-0.15, -0.1) is 0 Å². The topological polar surface area (TPSA) is 85.5 Å². The van der Waals surface area contributed by atoms with Crippen LogP contribution in [0, 0.1) is 5.41 Å². The summed E-state index contributed by atoms with van der Waals surface area (Å²) in [6.07, 6.45) is 8.31. The average molecular weight is 621 g/mol. The normalized spacial score (nSPS) is 24.0. The number of carboxylic acids is 1. The third-order valence-electron chi connectivity index (χ3n) is 9.01. The lowest BCUT2D eigenvalue weighted by Gasteiger charge is -2.52. The summed E-state index contributed by atoms with van der Waals surface area (Å²) in [4.78, 5) is 15.0. The number of alkyl halides is 3. The summed E-state index contributed by atoms with van der Waals surface area (Å²) >= 11 is 12.9. The van der Waals surface area contributed by atoms with Gasteiger partial charge in [0.2, 0.25) is 0 Å². The molecule has 1 N–H and O–H groups in total. The highest BCUT2D eigenvalue weighted by atomic mass is 35.5. The summed E-state index contributed by atoms with van der Waals surface area (Å²) in [6, 6.07) is 3.75.